The third kappa shape index (κ3) is 2.36. The first-order valence-electron chi connectivity index (χ1n) is 7.81. The highest BCUT2D eigenvalue weighted by atomic mass is 16.6. The minimum absolute atomic E-state index is 0.0650. The molecular formula is C15H21N3O3. The lowest BCUT2D eigenvalue weighted by atomic mass is 9.93. The van der Waals surface area contributed by atoms with Crippen LogP contribution in [0.3, 0.4) is 0 Å². The number of amides is 1. The molecule has 4 rings (SSSR count). The van der Waals surface area contributed by atoms with Crippen LogP contribution in [0.4, 0.5) is 0 Å². The largest absolute Gasteiger partial charge is 0.378 e. The van der Waals surface area contributed by atoms with Gasteiger partial charge in [-0.15, -0.1) is 0 Å². The molecule has 114 valence electrons. The Bertz CT molecular complexity index is 532. The number of hydrogen-bond acceptors (Lipinski definition) is 4. The highest BCUT2D eigenvalue weighted by Crippen LogP contribution is 2.31. The summed E-state index contributed by atoms with van der Waals surface area (Å²) < 4.78 is 13.3. The summed E-state index contributed by atoms with van der Waals surface area (Å²) in [5.74, 6) is 0.0650. The molecule has 6 nitrogen and oxygen atoms in total. The van der Waals surface area contributed by atoms with E-state index in [4.69, 9.17) is 9.47 Å². The summed E-state index contributed by atoms with van der Waals surface area (Å²) in [6, 6.07) is 0.491. The first kappa shape index (κ1) is 13.3. The van der Waals surface area contributed by atoms with E-state index < -0.39 is 0 Å². The third-order valence-corrected chi connectivity index (χ3v) is 4.90. The Balaban J connectivity index is 1.47. The van der Waals surface area contributed by atoms with Gasteiger partial charge in [0.25, 0.3) is 5.91 Å². The van der Waals surface area contributed by atoms with Gasteiger partial charge >= 0.3 is 0 Å². The van der Waals surface area contributed by atoms with E-state index in [-0.39, 0.29) is 11.5 Å². The van der Waals surface area contributed by atoms with Gasteiger partial charge in [0, 0.05) is 25.8 Å². The van der Waals surface area contributed by atoms with Gasteiger partial charge < -0.3 is 14.4 Å². The topological polar surface area (TPSA) is 56.6 Å². The molecule has 0 N–H and O–H groups in total. The van der Waals surface area contributed by atoms with E-state index >= 15 is 0 Å². The summed E-state index contributed by atoms with van der Waals surface area (Å²) in [6.07, 6.45) is 8.09. The first-order valence-corrected chi connectivity index (χ1v) is 7.81. The molecule has 1 aromatic heterocycles. The minimum Gasteiger partial charge on any atom is -0.378 e. The summed E-state index contributed by atoms with van der Waals surface area (Å²) in [5.41, 5.74) is 0.413. The van der Waals surface area contributed by atoms with Gasteiger partial charge in [-0.3, -0.25) is 9.48 Å². The molecule has 1 spiro atoms. The van der Waals surface area contributed by atoms with E-state index in [1.54, 1.807) is 6.20 Å². The maximum Gasteiger partial charge on any atom is 0.257 e. The summed E-state index contributed by atoms with van der Waals surface area (Å²) in [6.45, 7) is 3.18. The second-order valence-corrected chi connectivity index (χ2v) is 6.35. The van der Waals surface area contributed by atoms with Crippen LogP contribution in [0.2, 0.25) is 0 Å². The molecule has 0 radical (unpaired) electrons. The Kier molecular flexibility index (Phi) is 3.23. The van der Waals surface area contributed by atoms with Gasteiger partial charge in [0.15, 0.2) is 0 Å². The van der Waals surface area contributed by atoms with Crippen LogP contribution in [0.1, 0.15) is 42.1 Å². The molecule has 2 aliphatic heterocycles. The molecule has 1 amide bonds. The summed E-state index contributed by atoms with van der Waals surface area (Å²) in [4.78, 5) is 14.5. The molecule has 0 bridgehead atoms. The van der Waals surface area contributed by atoms with Crippen LogP contribution >= 0.6 is 0 Å². The monoisotopic (exact) mass is 291 g/mol. The highest BCUT2D eigenvalue weighted by Gasteiger charge is 2.42. The molecule has 21 heavy (non-hydrogen) atoms. The minimum atomic E-state index is -0.280. The number of rotatable bonds is 2. The summed E-state index contributed by atoms with van der Waals surface area (Å²) >= 11 is 0. The molecule has 1 atom stereocenters. The van der Waals surface area contributed by atoms with Crippen molar-refractivity contribution >= 4 is 5.91 Å². The van der Waals surface area contributed by atoms with Gasteiger partial charge in [-0.05, 0) is 19.3 Å². The molecule has 0 aromatic carbocycles. The predicted octanol–water partition coefficient (Wildman–Crippen LogP) is 1.24. The lowest BCUT2D eigenvalue weighted by molar-refractivity contribution is -0.0995. The van der Waals surface area contributed by atoms with Crippen molar-refractivity contribution in [3.05, 3.63) is 18.0 Å². The van der Waals surface area contributed by atoms with Crippen molar-refractivity contribution in [1.29, 1.82) is 0 Å². The maximum atomic E-state index is 12.7. The SMILES string of the molecule is O=C(c1cnn(C2CCC2)c1)N1CCOC2(CCOC2)C1. The molecular weight excluding hydrogens is 270 g/mol. The van der Waals surface area contributed by atoms with E-state index in [0.717, 1.165) is 13.0 Å². The fourth-order valence-corrected chi connectivity index (χ4v) is 3.33. The first-order chi connectivity index (χ1) is 10.3. The standard InChI is InChI=1S/C15H21N3O3/c19-14(12-8-16-18(9-12)13-2-1-3-13)17-5-7-21-15(10-17)4-6-20-11-15/h8-9,13H,1-7,10-11H2. The van der Waals surface area contributed by atoms with E-state index in [9.17, 15) is 4.79 Å². The van der Waals surface area contributed by atoms with Crippen molar-refractivity contribution < 1.29 is 14.3 Å². The maximum absolute atomic E-state index is 12.7. The molecule has 2 saturated heterocycles. The van der Waals surface area contributed by atoms with Gasteiger partial charge in [0.05, 0.1) is 37.6 Å². The Morgan fingerprint density at radius 1 is 1.38 bits per heavy atom. The quantitative estimate of drug-likeness (QED) is 0.822. The average Bonchev–Trinajstić information content (AvgIpc) is 3.07. The lowest BCUT2D eigenvalue weighted by Crippen LogP contribution is -2.54. The smallest absolute Gasteiger partial charge is 0.257 e. The molecule has 1 unspecified atom stereocenters. The van der Waals surface area contributed by atoms with Gasteiger partial charge in [-0.25, -0.2) is 0 Å². The van der Waals surface area contributed by atoms with Crippen molar-refractivity contribution in [3.63, 3.8) is 0 Å². The molecule has 1 aromatic rings. The van der Waals surface area contributed by atoms with Crippen LogP contribution in [0, 0.1) is 0 Å². The second-order valence-electron chi connectivity index (χ2n) is 6.35. The van der Waals surface area contributed by atoms with Crippen molar-refractivity contribution in [1.82, 2.24) is 14.7 Å². The molecule has 3 heterocycles. The van der Waals surface area contributed by atoms with E-state index in [0.29, 0.717) is 37.9 Å². The van der Waals surface area contributed by atoms with Crippen LogP contribution in [0.25, 0.3) is 0 Å². The number of nitrogens with zero attached hydrogens (tertiary/aromatic N) is 3. The fraction of sp³-hybridized carbons (Fsp3) is 0.733. The van der Waals surface area contributed by atoms with Crippen LogP contribution in [0.15, 0.2) is 12.4 Å². The van der Waals surface area contributed by atoms with E-state index in [2.05, 4.69) is 5.10 Å². The van der Waals surface area contributed by atoms with Gasteiger partial charge in [0.2, 0.25) is 0 Å². The summed E-state index contributed by atoms with van der Waals surface area (Å²) in [7, 11) is 0. The van der Waals surface area contributed by atoms with Crippen LogP contribution in [-0.2, 0) is 9.47 Å². The van der Waals surface area contributed by atoms with Gasteiger partial charge in [-0.1, -0.05) is 0 Å². The Labute approximate surface area is 124 Å². The number of morpholine rings is 1. The van der Waals surface area contributed by atoms with Crippen LogP contribution in [0.5, 0.6) is 0 Å². The zero-order valence-electron chi connectivity index (χ0n) is 12.2. The Morgan fingerprint density at radius 3 is 3.00 bits per heavy atom. The number of hydrogen-bond donors (Lipinski definition) is 0. The van der Waals surface area contributed by atoms with E-state index in [1.807, 2.05) is 15.8 Å². The molecule has 1 aliphatic carbocycles. The van der Waals surface area contributed by atoms with Gasteiger partial charge in [-0.2, -0.15) is 5.10 Å². The fourth-order valence-electron chi connectivity index (χ4n) is 3.33. The zero-order chi connectivity index (χ0) is 14.3. The average molecular weight is 291 g/mol. The molecule has 6 heteroatoms. The van der Waals surface area contributed by atoms with Crippen molar-refractivity contribution in [2.24, 2.45) is 0 Å². The summed E-state index contributed by atoms with van der Waals surface area (Å²) in [5, 5.41) is 4.36. The number of carbonyl (C=O) groups excluding carboxylic acids is 1. The van der Waals surface area contributed by atoms with Crippen molar-refractivity contribution in [3.8, 4) is 0 Å². The second kappa shape index (κ2) is 5.10. The van der Waals surface area contributed by atoms with Crippen LogP contribution < -0.4 is 0 Å². The molecule has 1 saturated carbocycles. The van der Waals surface area contributed by atoms with Crippen molar-refractivity contribution in [2.45, 2.75) is 37.3 Å². The predicted molar refractivity (Wildman–Crippen MR) is 75.1 cm³/mol. The number of aromatic nitrogens is 2. The normalized spacial score (nSPS) is 29.8. The van der Waals surface area contributed by atoms with Crippen LogP contribution in [-0.4, -0.2) is 59.1 Å². The zero-order valence-corrected chi connectivity index (χ0v) is 12.2. The molecule has 3 aliphatic rings. The lowest BCUT2D eigenvalue weighted by Gasteiger charge is -2.39. The highest BCUT2D eigenvalue weighted by molar-refractivity contribution is 5.93. The number of ether oxygens (including phenoxy) is 2. The molecule has 3 fully saturated rings. The third-order valence-electron chi connectivity index (χ3n) is 4.90. The van der Waals surface area contributed by atoms with E-state index in [1.165, 1.54) is 19.3 Å². The van der Waals surface area contributed by atoms with Gasteiger partial charge in [0.1, 0.15) is 5.60 Å². The Hall–Kier alpha value is -1.40. The van der Waals surface area contributed by atoms with Crippen molar-refractivity contribution in [2.75, 3.05) is 32.9 Å². The Morgan fingerprint density at radius 2 is 2.29 bits per heavy atom. The number of carbonyl (C=O) groups is 1.